The molecule has 100 valence electrons. The van der Waals surface area contributed by atoms with E-state index in [-0.39, 0.29) is 0 Å². The number of ether oxygens (including phenoxy) is 1. The molecular weight excluding hydrogens is 238 g/mol. The van der Waals surface area contributed by atoms with Crippen LogP contribution in [0.1, 0.15) is 16.7 Å². The van der Waals surface area contributed by atoms with E-state index < -0.39 is 0 Å². The summed E-state index contributed by atoms with van der Waals surface area (Å²) in [5.74, 6) is 0.911. The maximum absolute atomic E-state index is 5.44. The van der Waals surface area contributed by atoms with Gasteiger partial charge in [0.1, 0.15) is 5.75 Å². The van der Waals surface area contributed by atoms with Crippen molar-refractivity contribution in [1.29, 1.82) is 0 Å². The minimum atomic E-state index is 0.565. The van der Waals surface area contributed by atoms with Gasteiger partial charge in [-0.1, -0.05) is 42.5 Å². The largest absolute Gasteiger partial charge is 0.496 e. The van der Waals surface area contributed by atoms with E-state index in [1.54, 1.807) is 7.11 Å². The Morgan fingerprint density at radius 3 is 2.47 bits per heavy atom. The van der Waals surface area contributed by atoms with Gasteiger partial charge in [-0.25, -0.2) is 0 Å². The van der Waals surface area contributed by atoms with Crippen LogP contribution >= 0.6 is 0 Å². The number of methoxy groups -OCH3 is 1. The topological polar surface area (TPSA) is 30.5 Å². The van der Waals surface area contributed by atoms with Crippen molar-refractivity contribution in [2.24, 2.45) is 0 Å². The Morgan fingerprint density at radius 1 is 1.00 bits per heavy atom. The molecule has 0 aromatic heterocycles. The highest BCUT2D eigenvalue weighted by Crippen LogP contribution is 2.18. The van der Waals surface area contributed by atoms with Crippen LogP contribution in [0, 0.1) is 6.92 Å². The second-order valence-electron chi connectivity index (χ2n) is 4.40. The minimum Gasteiger partial charge on any atom is -0.496 e. The summed E-state index contributed by atoms with van der Waals surface area (Å²) < 4.78 is 5.23. The molecule has 0 aliphatic rings. The Bertz CT molecular complexity index is 511. The lowest BCUT2D eigenvalue weighted by Crippen LogP contribution is -2.14. The minimum absolute atomic E-state index is 0.565. The Kier molecular flexibility index (Phi) is 4.95. The summed E-state index contributed by atoms with van der Waals surface area (Å²) in [6.45, 7) is 3.28. The third-order valence-electron chi connectivity index (χ3n) is 2.92. The summed E-state index contributed by atoms with van der Waals surface area (Å²) in [5.41, 5.74) is 6.43. The Labute approximate surface area is 114 Å². The lowest BCUT2D eigenvalue weighted by Gasteiger charge is -2.09. The molecule has 0 unspecified atom stereocenters. The summed E-state index contributed by atoms with van der Waals surface area (Å²) in [7, 11) is 1.68. The predicted molar refractivity (Wildman–Crippen MR) is 75.8 cm³/mol. The summed E-state index contributed by atoms with van der Waals surface area (Å²) in [4.78, 5) is 5.44. The van der Waals surface area contributed by atoms with Gasteiger partial charge in [-0.05, 0) is 29.7 Å². The zero-order chi connectivity index (χ0) is 13.5. The molecular formula is C16H19NO2. The summed E-state index contributed by atoms with van der Waals surface area (Å²) in [5, 5.41) is 0. The van der Waals surface area contributed by atoms with Crippen molar-refractivity contribution in [1.82, 2.24) is 5.48 Å². The van der Waals surface area contributed by atoms with Crippen molar-refractivity contribution in [2.75, 3.05) is 7.11 Å². The normalized spacial score (nSPS) is 10.4. The summed E-state index contributed by atoms with van der Waals surface area (Å²) in [6, 6.07) is 16.2. The van der Waals surface area contributed by atoms with Crippen molar-refractivity contribution in [3.63, 3.8) is 0 Å². The van der Waals surface area contributed by atoms with Gasteiger partial charge in [0.05, 0.1) is 13.7 Å². The van der Waals surface area contributed by atoms with Crippen LogP contribution in [0.15, 0.2) is 48.5 Å². The van der Waals surface area contributed by atoms with Crippen LogP contribution in [-0.2, 0) is 18.0 Å². The van der Waals surface area contributed by atoms with E-state index in [4.69, 9.17) is 9.57 Å². The van der Waals surface area contributed by atoms with E-state index in [0.717, 1.165) is 16.9 Å². The second kappa shape index (κ2) is 6.92. The molecule has 0 spiro atoms. The van der Waals surface area contributed by atoms with Crippen molar-refractivity contribution in [3.8, 4) is 5.75 Å². The highest BCUT2D eigenvalue weighted by Gasteiger charge is 2.00. The Hall–Kier alpha value is -1.84. The van der Waals surface area contributed by atoms with Crippen molar-refractivity contribution in [3.05, 3.63) is 65.2 Å². The highest BCUT2D eigenvalue weighted by atomic mass is 16.6. The first-order chi connectivity index (χ1) is 9.29. The number of benzene rings is 2. The van der Waals surface area contributed by atoms with E-state index in [1.165, 1.54) is 5.56 Å². The maximum atomic E-state index is 5.44. The average molecular weight is 257 g/mol. The van der Waals surface area contributed by atoms with Crippen LogP contribution in [0.5, 0.6) is 5.75 Å². The highest BCUT2D eigenvalue weighted by molar-refractivity contribution is 5.35. The molecule has 0 radical (unpaired) electrons. The molecule has 0 atom stereocenters. The standard InChI is InChI=1S/C16H19NO2/c1-13-10-15(8-9-16(13)18-2)11-17-19-12-14-6-4-3-5-7-14/h3-10,17H,11-12H2,1-2H3. The van der Waals surface area contributed by atoms with Crippen molar-refractivity contribution < 1.29 is 9.57 Å². The molecule has 2 aromatic carbocycles. The average Bonchev–Trinajstić information content (AvgIpc) is 2.45. The van der Waals surface area contributed by atoms with Gasteiger partial charge in [0.25, 0.3) is 0 Å². The van der Waals surface area contributed by atoms with Crippen LogP contribution in [-0.4, -0.2) is 7.11 Å². The molecule has 0 aliphatic heterocycles. The number of aryl methyl sites for hydroxylation is 1. The zero-order valence-electron chi connectivity index (χ0n) is 11.3. The van der Waals surface area contributed by atoms with Crippen LogP contribution in [0.25, 0.3) is 0 Å². The van der Waals surface area contributed by atoms with Gasteiger partial charge < -0.3 is 4.74 Å². The van der Waals surface area contributed by atoms with E-state index in [2.05, 4.69) is 11.5 Å². The SMILES string of the molecule is COc1ccc(CNOCc2ccccc2)cc1C. The molecule has 3 heteroatoms. The zero-order valence-corrected chi connectivity index (χ0v) is 11.3. The van der Waals surface area contributed by atoms with Gasteiger partial charge in [0, 0.05) is 6.54 Å². The third-order valence-corrected chi connectivity index (χ3v) is 2.92. The molecule has 0 fully saturated rings. The van der Waals surface area contributed by atoms with Crippen LogP contribution in [0.2, 0.25) is 0 Å². The third kappa shape index (κ3) is 4.09. The Balaban J connectivity index is 1.78. The van der Waals surface area contributed by atoms with Gasteiger partial charge in [0.15, 0.2) is 0 Å². The summed E-state index contributed by atoms with van der Waals surface area (Å²) >= 11 is 0. The molecule has 2 rings (SSSR count). The molecule has 19 heavy (non-hydrogen) atoms. The molecule has 0 amide bonds. The molecule has 0 aliphatic carbocycles. The quantitative estimate of drug-likeness (QED) is 0.636. The van der Waals surface area contributed by atoms with Gasteiger partial charge in [-0.3, -0.25) is 4.84 Å². The van der Waals surface area contributed by atoms with E-state index in [0.29, 0.717) is 13.2 Å². The Morgan fingerprint density at radius 2 is 1.79 bits per heavy atom. The fourth-order valence-corrected chi connectivity index (χ4v) is 1.89. The van der Waals surface area contributed by atoms with Crippen molar-refractivity contribution in [2.45, 2.75) is 20.1 Å². The number of hydrogen-bond acceptors (Lipinski definition) is 3. The van der Waals surface area contributed by atoms with E-state index >= 15 is 0 Å². The van der Waals surface area contributed by atoms with Crippen LogP contribution in [0.3, 0.4) is 0 Å². The van der Waals surface area contributed by atoms with Crippen molar-refractivity contribution >= 4 is 0 Å². The number of rotatable bonds is 6. The maximum Gasteiger partial charge on any atom is 0.121 e. The first-order valence-electron chi connectivity index (χ1n) is 6.31. The first kappa shape index (κ1) is 13.6. The molecule has 0 saturated carbocycles. The fourth-order valence-electron chi connectivity index (χ4n) is 1.89. The molecule has 0 heterocycles. The van der Waals surface area contributed by atoms with Gasteiger partial charge in [-0.2, -0.15) is 5.48 Å². The van der Waals surface area contributed by atoms with E-state index in [1.807, 2.05) is 49.4 Å². The molecule has 0 saturated heterocycles. The molecule has 2 aromatic rings. The van der Waals surface area contributed by atoms with E-state index in [9.17, 15) is 0 Å². The summed E-state index contributed by atoms with van der Waals surface area (Å²) in [6.07, 6.45) is 0. The smallest absolute Gasteiger partial charge is 0.121 e. The molecule has 1 N–H and O–H groups in total. The predicted octanol–water partition coefficient (Wildman–Crippen LogP) is 3.23. The molecule has 3 nitrogen and oxygen atoms in total. The lowest BCUT2D eigenvalue weighted by atomic mass is 10.1. The molecule has 0 bridgehead atoms. The van der Waals surface area contributed by atoms with Gasteiger partial charge >= 0.3 is 0 Å². The number of nitrogens with one attached hydrogen (secondary N) is 1. The van der Waals surface area contributed by atoms with Crippen LogP contribution in [0.4, 0.5) is 0 Å². The number of hydrogen-bond donors (Lipinski definition) is 1. The fraction of sp³-hybridized carbons (Fsp3) is 0.250. The van der Waals surface area contributed by atoms with Gasteiger partial charge in [0.2, 0.25) is 0 Å². The van der Waals surface area contributed by atoms with Crippen LogP contribution < -0.4 is 10.2 Å². The lowest BCUT2D eigenvalue weighted by molar-refractivity contribution is 0.0235. The second-order valence-corrected chi connectivity index (χ2v) is 4.40. The monoisotopic (exact) mass is 257 g/mol. The first-order valence-corrected chi connectivity index (χ1v) is 6.31. The van der Waals surface area contributed by atoms with Gasteiger partial charge in [-0.15, -0.1) is 0 Å². The number of hydroxylamine groups is 1.